The molecule has 0 fully saturated rings. The molecule has 92 valence electrons. The Bertz CT molecular complexity index is 438. The van der Waals surface area contributed by atoms with E-state index < -0.39 is 15.6 Å². The summed E-state index contributed by atoms with van der Waals surface area (Å²) in [5.41, 5.74) is -0.493. The number of hydrogen-bond donors (Lipinski definition) is 3. The molecule has 0 atom stereocenters. The van der Waals surface area contributed by atoms with Gasteiger partial charge in [-0.15, -0.1) is 0 Å². The maximum Gasteiger partial charge on any atom is 0.522 e. The standard InChI is InChI=1S/C4H6N4.CHF3O3S/c5-4(6)8-3-1-2-7-8;2-1(3,4)8(5,6)7/h1-3H,(H3,5,6);(H,5,6,7). The van der Waals surface area contributed by atoms with Crippen molar-refractivity contribution in [2.24, 2.45) is 5.73 Å². The number of nitrogens with zero attached hydrogens (tertiary/aromatic N) is 2. The summed E-state index contributed by atoms with van der Waals surface area (Å²) in [6.45, 7) is 0. The Balaban J connectivity index is 0.000000281. The van der Waals surface area contributed by atoms with Crippen molar-refractivity contribution in [3.05, 3.63) is 18.5 Å². The van der Waals surface area contributed by atoms with Crippen molar-refractivity contribution >= 4 is 16.1 Å². The summed E-state index contributed by atoms with van der Waals surface area (Å²) in [5, 5.41) is 10.5. The number of nitrogens with one attached hydrogen (secondary N) is 1. The van der Waals surface area contributed by atoms with Crippen molar-refractivity contribution < 1.29 is 26.1 Å². The SMILES string of the molecule is N=C(N)n1cccn1.O=S(=O)(O)C(F)(F)F. The predicted octanol–water partition coefficient (Wildman–Crippen LogP) is 0.0187. The van der Waals surface area contributed by atoms with Gasteiger partial charge >= 0.3 is 15.6 Å². The van der Waals surface area contributed by atoms with Crippen LogP contribution in [0, 0.1) is 5.41 Å². The van der Waals surface area contributed by atoms with Crippen LogP contribution in [0.3, 0.4) is 0 Å². The topological polar surface area (TPSA) is 122 Å². The summed E-state index contributed by atoms with van der Waals surface area (Å²) in [6, 6.07) is 1.71. The van der Waals surface area contributed by atoms with Crippen molar-refractivity contribution in [3.8, 4) is 0 Å². The van der Waals surface area contributed by atoms with Crippen molar-refractivity contribution in [1.82, 2.24) is 9.78 Å². The molecule has 7 nitrogen and oxygen atoms in total. The van der Waals surface area contributed by atoms with Crippen LogP contribution in [0.5, 0.6) is 0 Å². The fourth-order valence-corrected chi connectivity index (χ4v) is 0.411. The fraction of sp³-hybridized carbons (Fsp3) is 0.200. The third-order valence-corrected chi connectivity index (χ3v) is 1.63. The van der Waals surface area contributed by atoms with Gasteiger partial charge in [-0.05, 0) is 6.07 Å². The summed E-state index contributed by atoms with van der Waals surface area (Å²) < 4.78 is 58.8. The molecule has 0 aliphatic rings. The fourth-order valence-electron chi connectivity index (χ4n) is 0.411. The van der Waals surface area contributed by atoms with E-state index in [0.717, 1.165) is 0 Å². The molecule has 0 spiro atoms. The molecule has 11 heteroatoms. The van der Waals surface area contributed by atoms with E-state index in [9.17, 15) is 13.2 Å². The molecule has 1 heterocycles. The molecule has 0 bridgehead atoms. The average Bonchev–Trinajstić information content (AvgIpc) is 2.51. The molecule has 0 unspecified atom stereocenters. The summed E-state index contributed by atoms with van der Waals surface area (Å²) in [4.78, 5) is 0. The summed E-state index contributed by atoms with van der Waals surface area (Å²) in [5.74, 6) is -0.0602. The minimum atomic E-state index is -5.84. The number of rotatable bonds is 0. The van der Waals surface area contributed by atoms with E-state index in [1.807, 2.05) is 0 Å². The van der Waals surface area contributed by atoms with E-state index in [1.54, 1.807) is 18.5 Å². The molecule has 16 heavy (non-hydrogen) atoms. The van der Waals surface area contributed by atoms with Crippen LogP contribution in [-0.4, -0.2) is 34.2 Å². The maximum absolute atomic E-state index is 10.7. The van der Waals surface area contributed by atoms with E-state index in [1.165, 1.54) is 4.68 Å². The van der Waals surface area contributed by atoms with E-state index >= 15 is 0 Å². The second-order valence-corrected chi connectivity index (χ2v) is 3.67. The highest BCUT2D eigenvalue weighted by atomic mass is 32.2. The summed E-state index contributed by atoms with van der Waals surface area (Å²) in [6.07, 6.45) is 3.18. The molecular weight excluding hydrogens is 253 g/mol. The van der Waals surface area contributed by atoms with Crippen LogP contribution in [0.25, 0.3) is 0 Å². The molecule has 0 amide bonds. The zero-order valence-corrected chi connectivity index (χ0v) is 8.33. The molecule has 0 aliphatic heterocycles. The number of hydrogen-bond acceptors (Lipinski definition) is 4. The Labute approximate surface area is 87.9 Å². The summed E-state index contributed by atoms with van der Waals surface area (Å²) in [7, 11) is -5.84. The first-order valence-corrected chi connectivity index (χ1v) is 4.87. The molecule has 1 aromatic rings. The maximum atomic E-state index is 10.7. The number of aromatic nitrogens is 2. The van der Waals surface area contributed by atoms with Gasteiger partial charge in [0.05, 0.1) is 0 Å². The lowest BCUT2D eigenvalue weighted by Crippen LogP contribution is -2.21. The lowest BCUT2D eigenvalue weighted by atomic mass is 10.7. The van der Waals surface area contributed by atoms with Gasteiger partial charge in [0, 0.05) is 12.4 Å². The van der Waals surface area contributed by atoms with E-state index in [4.69, 9.17) is 24.1 Å². The minimum Gasteiger partial charge on any atom is -0.368 e. The van der Waals surface area contributed by atoms with Crippen LogP contribution < -0.4 is 5.73 Å². The van der Waals surface area contributed by atoms with Gasteiger partial charge in [0.25, 0.3) is 0 Å². The number of alkyl halides is 3. The largest absolute Gasteiger partial charge is 0.522 e. The predicted molar refractivity (Wildman–Crippen MR) is 47.1 cm³/mol. The van der Waals surface area contributed by atoms with Gasteiger partial charge in [0.1, 0.15) is 0 Å². The highest BCUT2D eigenvalue weighted by Gasteiger charge is 2.44. The molecule has 1 rings (SSSR count). The molecular formula is C5H7F3N4O3S. The molecule has 0 saturated carbocycles. The third-order valence-electron chi connectivity index (χ3n) is 1.04. The van der Waals surface area contributed by atoms with Gasteiger partial charge < -0.3 is 5.73 Å². The highest BCUT2D eigenvalue weighted by molar-refractivity contribution is 7.86. The van der Waals surface area contributed by atoms with Crippen LogP contribution >= 0.6 is 0 Å². The van der Waals surface area contributed by atoms with Gasteiger partial charge in [-0.3, -0.25) is 9.96 Å². The van der Waals surface area contributed by atoms with Gasteiger partial charge in [0.2, 0.25) is 5.96 Å². The highest BCUT2D eigenvalue weighted by Crippen LogP contribution is 2.20. The van der Waals surface area contributed by atoms with Gasteiger partial charge in [-0.1, -0.05) is 0 Å². The monoisotopic (exact) mass is 260 g/mol. The number of nitrogen functional groups attached to an aromatic ring is 1. The van der Waals surface area contributed by atoms with E-state index in [0.29, 0.717) is 0 Å². The first kappa shape index (κ1) is 14.4. The average molecular weight is 260 g/mol. The lowest BCUT2D eigenvalue weighted by Gasteiger charge is -1.97. The zero-order chi connectivity index (χ0) is 13.0. The molecule has 0 saturated heterocycles. The smallest absolute Gasteiger partial charge is 0.368 e. The molecule has 4 N–H and O–H groups in total. The van der Waals surface area contributed by atoms with Gasteiger partial charge in [-0.25, -0.2) is 4.68 Å². The molecule has 1 aromatic heterocycles. The molecule has 0 aliphatic carbocycles. The summed E-state index contributed by atoms with van der Waals surface area (Å²) >= 11 is 0. The zero-order valence-electron chi connectivity index (χ0n) is 7.51. The Morgan fingerprint density at radius 2 is 1.94 bits per heavy atom. The lowest BCUT2D eigenvalue weighted by molar-refractivity contribution is -0.0510. The van der Waals surface area contributed by atoms with Crippen molar-refractivity contribution in [2.75, 3.05) is 0 Å². The van der Waals surface area contributed by atoms with Crippen molar-refractivity contribution in [3.63, 3.8) is 0 Å². The Morgan fingerprint density at radius 1 is 1.50 bits per heavy atom. The van der Waals surface area contributed by atoms with E-state index in [-0.39, 0.29) is 5.96 Å². The van der Waals surface area contributed by atoms with Crippen LogP contribution in [-0.2, 0) is 10.1 Å². The second kappa shape index (κ2) is 4.94. The van der Waals surface area contributed by atoms with Crippen molar-refractivity contribution in [2.45, 2.75) is 5.51 Å². The number of halogens is 3. The quantitative estimate of drug-likeness (QED) is 0.262. The first-order valence-electron chi connectivity index (χ1n) is 3.43. The Morgan fingerprint density at radius 3 is 2.06 bits per heavy atom. The van der Waals surface area contributed by atoms with Gasteiger partial charge in [-0.2, -0.15) is 26.7 Å². The first-order chi connectivity index (χ1) is 7.05. The van der Waals surface area contributed by atoms with Crippen LogP contribution in [0.15, 0.2) is 18.5 Å². The van der Waals surface area contributed by atoms with Crippen molar-refractivity contribution in [1.29, 1.82) is 5.41 Å². The van der Waals surface area contributed by atoms with Crippen LogP contribution in [0.4, 0.5) is 13.2 Å². The Hall–Kier alpha value is -1.62. The Kier molecular flexibility index (Phi) is 4.44. The van der Waals surface area contributed by atoms with Crippen LogP contribution in [0.2, 0.25) is 0 Å². The van der Waals surface area contributed by atoms with E-state index in [2.05, 4.69) is 5.10 Å². The van der Waals surface area contributed by atoms with Crippen LogP contribution in [0.1, 0.15) is 0 Å². The minimum absolute atomic E-state index is 0.0602. The molecule has 0 radical (unpaired) electrons. The van der Waals surface area contributed by atoms with Gasteiger partial charge in [0.15, 0.2) is 0 Å². The molecule has 0 aromatic carbocycles. The number of nitrogens with two attached hydrogens (primary N) is 1. The normalized spacial score (nSPS) is 11.5. The second-order valence-electron chi connectivity index (χ2n) is 2.26. The third kappa shape index (κ3) is 4.75.